The average molecular weight is 626 g/mol. The lowest BCUT2D eigenvalue weighted by Crippen LogP contribution is -2.49. The maximum Gasteiger partial charge on any atom is 0.281 e. The number of anilines is 2. The molecule has 4 aliphatic heterocycles. The summed E-state index contributed by atoms with van der Waals surface area (Å²) in [5, 5.41) is 3.59. The summed E-state index contributed by atoms with van der Waals surface area (Å²) in [5.74, 6) is 2.38. The van der Waals surface area contributed by atoms with E-state index in [1.54, 1.807) is 8.61 Å². The summed E-state index contributed by atoms with van der Waals surface area (Å²) in [7, 11) is -3.44. The van der Waals surface area contributed by atoms with Gasteiger partial charge in [0.05, 0.1) is 0 Å². The summed E-state index contributed by atoms with van der Waals surface area (Å²) < 4.78 is 31.0. The van der Waals surface area contributed by atoms with Gasteiger partial charge >= 0.3 is 0 Å². The van der Waals surface area contributed by atoms with Gasteiger partial charge in [-0.05, 0) is 82.2 Å². The van der Waals surface area contributed by atoms with Gasteiger partial charge < -0.3 is 15.1 Å². The molecule has 1 aromatic rings. The Labute approximate surface area is 266 Å². The molecule has 2 aliphatic carbocycles. The topological polar surface area (TPSA) is 84.9 Å². The second kappa shape index (κ2) is 12.1. The van der Waals surface area contributed by atoms with Gasteiger partial charge in [-0.3, -0.25) is 0 Å². The van der Waals surface area contributed by atoms with E-state index < -0.39 is 10.2 Å². The number of hydrogen-bond acceptors (Lipinski definition) is 7. The molecule has 5 fully saturated rings. The minimum atomic E-state index is -3.44. The molecule has 0 radical (unpaired) electrons. The van der Waals surface area contributed by atoms with Gasteiger partial charge in [-0.2, -0.15) is 22.0 Å². The molecule has 1 aromatic heterocycles. The van der Waals surface area contributed by atoms with Gasteiger partial charge in [0.1, 0.15) is 5.82 Å². The molecule has 9 nitrogen and oxygen atoms in total. The lowest BCUT2D eigenvalue weighted by atomic mass is 9.86. The Morgan fingerprint density at radius 1 is 0.955 bits per heavy atom. The Bertz CT molecular complexity index is 1320. The number of fused-ring (bicyclic) bond motifs is 2. The van der Waals surface area contributed by atoms with Gasteiger partial charge in [0.15, 0.2) is 0 Å². The molecule has 6 aliphatic rings. The molecule has 3 saturated heterocycles. The van der Waals surface area contributed by atoms with E-state index in [1.807, 2.05) is 6.20 Å². The molecule has 5 heterocycles. The first kappa shape index (κ1) is 30.9. The Morgan fingerprint density at radius 3 is 2.45 bits per heavy atom. The molecule has 0 amide bonds. The lowest BCUT2D eigenvalue weighted by Gasteiger charge is -2.34. The largest absolute Gasteiger partial charge is 0.351 e. The van der Waals surface area contributed by atoms with E-state index in [0.29, 0.717) is 44.1 Å². The average Bonchev–Trinajstić information content (AvgIpc) is 3.24. The van der Waals surface area contributed by atoms with Gasteiger partial charge in [0.25, 0.3) is 10.2 Å². The number of nitrogens with zero attached hydrogens (tertiary/aromatic N) is 6. The van der Waals surface area contributed by atoms with E-state index >= 15 is 0 Å². The smallest absolute Gasteiger partial charge is 0.281 e. The highest BCUT2D eigenvalue weighted by Crippen LogP contribution is 2.62. The van der Waals surface area contributed by atoms with E-state index in [0.717, 1.165) is 57.4 Å². The fourth-order valence-corrected chi connectivity index (χ4v) is 10.9. The van der Waals surface area contributed by atoms with Gasteiger partial charge in [-0.25, -0.2) is 4.98 Å². The predicted molar refractivity (Wildman–Crippen MR) is 177 cm³/mol. The van der Waals surface area contributed by atoms with E-state index in [4.69, 9.17) is 9.97 Å². The van der Waals surface area contributed by atoms with Crippen LogP contribution in [0.3, 0.4) is 0 Å². The molecule has 1 N–H and O–H groups in total. The highest BCUT2D eigenvalue weighted by atomic mass is 32.2. The second-order valence-corrected chi connectivity index (χ2v) is 17.1. The first-order valence-corrected chi connectivity index (χ1v) is 19.2. The molecule has 44 heavy (non-hydrogen) atoms. The molecule has 3 unspecified atom stereocenters. The van der Waals surface area contributed by atoms with Crippen LogP contribution in [0.5, 0.6) is 0 Å². The van der Waals surface area contributed by atoms with Crippen LogP contribution in [0.1, 0.15) is 109 Å². The Kier molecular flexibility index (Phi) is 8.51. The van der Waals surface area contributed by atoms with E-state index in [1.165, 1.54) is 69.2 Å². The van der Waals surface area contributed by atoms with Crippen LogP contribution in [0.4, 0.5) is 11.8 Å². The number of likely N-dealkylation sites (tertiary alicyclic amines) is 1. The predicted octanol–water partition coefficient (Wildman–Crippen LogP) is 5.52. The fourth-order valence-electron chi connectivity index (χ4n) is 9.19. The number of nitrogens with one attached hydrogen (secondary N) is 1. The van der Waals surface area contributed by atoms with Crippen LogP contribution in [0.25, 0.3) is 0 Å². The number of piperidine rings is 1. The van der Waals surface area contributed by atoms with Crippen LogP contribution in [0.15, 0.2) is 18.5 Å². The van der Waals surface area contributed by atoms with Gasteiger partial charge in [0.2, 0.25) is 5.95 Å². The Balaban J connectivity index is 0.929. The minimum absolute atomic E-state index is 0.0645. The molecular weight excluding hydrogens is 570 g/mol. The number of unbranched alkanes of at least 4 members (excludes halogenated alkanes) is 4. The molecule has 7 rings (SSSR count). The quantitative estimate of drug-likeness (QED) is 0.324. The van der Waals surface area contributed by atoms with Gasteiger partial charge in [-0.1, -0.05) is 52.5 Å². The minimum Gasteiger partial charge on any atom is -0.351 e. The van der Waals surface area contributed by atoms with E-state index in [2.05, 4.69) is 35.5 Å². The van der Waals surface area contributed by atoms with Gasteiger partial charge in [-0.15, -0.1) is 0 Å². The van der Waals surface area contributed by atoms with E-state index in [9.17, 15) is 8.42 Å². The third-order valence-electron chi connectivity index (χ3n) is 12.2. The maximum absolute atomic E-state index is 13.7. The molecule has 0 aromatic carbocycles. The zero-order valence-electron chi connectivity index (χ0n) is 27.3. The van der Waals surface area contributed by atoms with Crippen LogP contribution < -0.4 is 10.2 Å². The summed E-state index contributed by atoms with van der Waals surface area (Å²) in [6.07, 6.45) is 18.3. The molecule has 2 spiro atoms. The molecule has 244 valence electrons. The zero-order valence-corrected chi connectivity index (χ0v) is 28.1. The van der Waals surface area contributed by atoms with Crippen molar-refractivity contribution in [1.82, 2.24) is 23.5 Å². The summed E-state index contributed by atoms with van der Waals surface area (Å²) in [6.45, 7) is 15.0. The van der Waals surface area contributed by atoms with Crippen molar-refractivity contribution in [3.05, 3.63) is 24.0 Å². The first-order valence-electron chi connectivity index (χ1n) is 17.8. The first-order chi connectivity index (χ1) is 21.2. The molecule has 2 saturated carbocycles. The number of hydrogen-bond donors (Lipinski definition) is 1. The summed E-state index contributed by atoms with van der Waals surface area (Å²) in [6, 6.07) is 0.647. The van der Waals surface area contributed by atoms with Crippen molar-refractivity contribution < 1.29 is 8.42 Å². The summed E-state index contributed by atoms with van der Waals surface area (Å²) in [4.78, 5) is 14.9. The molecule has 10 heteroatoms. The van der Waals surface area contributed by atoms with Crippen LogP contribution in [-0.4, -0.2) is 89.8 Å². The SMILES string of the molecule is C=C1N(C2CCCC2C)c2nc(NC3CCN(S(=O)(=O)N4CCC5(CCN(CCCCCCC)C5)C4)CC3)ncc2C12CC2. The number of rotatable bonds is 11. The lowest BCUT2D eigenvalue weighted by molar-refractivity contribution is 0.255. The standard InChI is InChI=1S/C34H55N7O2S/c1-4-5-6-7-8-18-38-21-16-33(24-38)17-22-40(25-33)44(42,43)39-19-12-28(13-20-39)36-32-35-23-29-31(37-32)41(27(3)34(29)14-15-34)30-11-9-10-26(30)2/h23,26,28,30H,3-22,24-25H2,1-2H3,(H,35,36,37). The van der Waals surface area contributed by atoms with Crippen molar-refractivity contribution >= 4 is 22.0 Å². The zero-order chi connectivity index (χ0) is 30.5. The normalized spacial score (nSPS) is 31.1. The van der Waals surface area contributed by atoms with Gasteiger partial charge in [0, 0.05) is 67.7 Å². The van der Waals surface area contributed by atoms with Crippen molar-refractivity contribution in [3.63, 3.8) is 0 Å². The van der Waals surface area contributed by atoms with Crippen molar-refractivity contribution in [2.75, 3.05) is 56.0 Å². The van der Waals surface area contributed by atoms with Crippen molar-refractivity contribution in [1.29, 1.82) is 0 Å². The highest BCUT2D eigenvalue weighted by molar-refractivity contribution is 7.86. The Morgan fingerprint density at radius 2 is 1.73 bits per heavy atom. The van der Waals surface area contributed by atoms with Crippen molar-refractivity contribution in [2.24, 2.45) is 11.3 Å². The number of aromatic nitrogens is 2. The second-order valence-electron chi connectivity index (χ2n) is 15.2. The monoisotopic (exact) mass is 625 g/mol. The molecule has 3 atom stereocenters. The fraction of sp³-hybridized carbons (Fsp3) is 0.824. The van der Waals surface area contributed by atoms with Crippen LogP contribution in [0, 0.1) is 11.3 Å². The maximum atomic E-state index is 13.7. The third-order valence-corrected chi connectivity index (χ3v) is 14.2. The van der Waals surface area contributed by atoms with Crippen LogP contribution in [-0.2, 0) is 15.6 Å². The molecule has 0 bridgehead atoms. The molecular formula is C34H55N7O2S. The highest BCUT2D eigenvalue weighted by Gasteiger charge is 2.58. The third kappa shape index (κ3) is 5.60. The van der Waals surface area contributed by atoms with Crippen LogP contribution in [0.2, 0.25) is 0 Å². The number of allylic oxidation sites excluding steroid dienone is 1. The van der Waals surface area contributed by atoms with Crippen molar-refractivity contribution in [2.45, 2.75) is 121 Å². The van der Waals surface area contributed by atoms with Crippen LogP contribution >= 0.6 is 0 Å². The summed E-state index contributed by atoms with van der Waals surface area (Å²) in [5.41, 5.74) is 2.70. The summed E-state index contributed by atoms with van der Waals surface area (Å²) >= 11 is 0. The Hall–Kier alpha value is -1.75. The van der Waals surface area contributed by atoms with Crippen molar-refractivity contribution in [3.8, 4) is 0 Å². The van der Waals surface area contributed by atoms with E-state index in [-0.39, 0.29) is 16.9 Å².